The Morgan fingerprint density at radius 1 is 0.966 bits per heavy atom. The predicted molar refractivity (Wildman–Crippen MR) is 117 cm³/mol. The van der Waals surface area contributed by atoms with Gasteiger partial charge in [-0.2, -0.15) is 0 Å². The van der Waals surface area contributed by atoms with Crippen LogP contribution in [-0.2, 0) is 13.1 Å². The number of benzene rings is 2. The molecule has 2 aromatic carbocycles. The van der Waals surface area contributed by atoms with Gasteiger partial charge in [0.05, 0.1) is 6.61 Å². The standard InChI is InChI=1S/C25H32N2O2/c1-21-6-2-3-8-24(21)19-27-15-14-26(20-25(27)13-17-29)18-23-11-9-22(10-12-23)7-4-5-16-28/h2-3,6,8-12,25,28-29H,5,13-20H2,1H3. The maximum absolute atomic E-state index is 9.58. The van der Waals surface area contributed by atoms with Crippen molar-refractivity contribution in [1.82, 2.24) is 9.80 Å². The number of aliphatic hydroxyl groups excluding tert-OH is 2. The molecule has 3 rings (SSSR count). The van der Waals surface area contributed by atoms with Crippen molar-refractivity contribution in [3.05, 3.63) is 70.8 Å². The fourth-order valence-electron chi connectivity index (χ4n) is 3.91. The topological polar surface area (TPSA) is 46.9 Å². The maximum atomic E-state index is 9.58. The lowest BCUT2D eigenvalue weighted by Crippen LogP contribution is -2.52. The zero-order valence-corrected chi connectivity index (χ0v) is 17.3. The van der Waals surface area contributed by atoms with E-state index < -0.39 is 0 Å². The molecule has 1 fully saturated rings. The zero-order valence-electron chi connectivity index (χ0n) is 17.3. The second-order valence-electron chi connectivity index (χ2n) is 7.77. The van der Waals surface area contributed by atoms with Crippen LogP contribution in [0.15, 0.2) is 48.5 Å². The summed E-state index contributed by atoms with van der Waals surface area (Å²) in [5, 5.41) is 18.4. The van der Waals surface area contributed by atoms with Crippen molar-refractivity contribution in [3.8, 4) is 11.8 Å². The molecule has 4 nitrogen and oxygen atoms in total. The SMILES string of the molecule is Cc1ccccc1CN1CCN(Cc2ccc(C#CCCO)cc2)CC1CCO. The van der Waals surface area contributed by atoms with E-state index in [9.17, 15) is 5.11 Å². The Balaban J connectivity index is 1.59. The highest BCUT2D eigenvalue weighted by Gasteiger charge is 2.26. The molecule has 1 unspecified atom stereocenters. The van der Waals surface area contributed by atoms with E-state index in [0.717, 1.165) is 44.7 Å². The molecule has 0 radical (unpaired) electrons. The average Bonchev–Trinajstić information content (AvgIpc) is 2.73. The van der Waals surface area contributed by atoms with Gasteiger partial charge in [0.15, 0.2) is 0 Å². The molecule has 0 aliphatic carbocycles. The first-order chi connectivity index (χ1) is 14.2. The molecule has 1 atom stereocenters. The highest BCUT2D eigenvalue weighted by atomic mass is 16.3. The first-order valence-electron chi connectivity index (χ1n) is 10.5. The smallest absolute Gasteiger partial charge is 0.0540 e. The Morgan fingerprint density at radius 2 is 1.76 bits per heavy atom. The number of piperazine rings is 1. The highest BCUT2D eigenvalue weighted by Crippen LogP contribution is 2.20. The van der Waals surface area contributed by atoms with Gasteiger partial charge in [-0.05, 0) is 42.2 Å². The summed E-state index contributed by atoms with van der Waals surface area (Å²) >= 11 is 0. The predicted octanol–water partition coefficient (Wildman–Crippen LogP) is 2.80. The van der Waals surface area contributed by atoms with E-state index in [1.54, 1.807) is 0 Å². The maximum Gasteiger partial charge on any atom is 0.0540 e. The fourth-order valence-corrected chi connectivity index (χ4v) is 3.91. The summed E-state index contributed by atoms with van der Waals surface area (Å²) in [4.78, 5) is 5.01. The van der Waals surface area contributed by atoms with Crippen LogP contribution in [-0.4, -0.2) is 58.9 Å². The van der Waals surface area contributed by atoms with Crippen LogP contribution < -0.4 is 0 Å². The molecule has 0 aromatic heterocycles. The Morgan fingerprint density at radius 3 is 2.48 bits per heavy atom. The van der Waals surface area contributed by atoms with E-state index in [0.29, 0.717) is 12.5 Å². The van der Waals surface area contributed by atoms with Gasteiger partial charge >= 0.3 is 0 Å². The van der Waals surface area contributed by atoms with E-state index in [-0.39, 0.29) is 13.2 Å². The third-order valence-corrected chi connectivity index (χ3v) is 5.62. The van der Waals surface area contributed by atoms with Crippen LogP contribution in [0.25, 0.3) is 0 Å². The minimum absolute atomic E-state index is 0.107. The molecule has 2 N–H and O–H groups in total. The van der Waals surface area contributed by atoms with Crippen LogP contribution in [0.4, 0.5) is 0 Å². The summed E-state index contributed by atoms with van der Waals surface area (Å²) in [6.45, 7) is 7.40. The van der Waals surface area contributed by atoms with Crippen LogP contribution in [0.2, 0.25) is 0 Å². The average molecular weight is 393 g/mol. The van der Waals surface area contributed by atoms with Gasteiger partial charge in [-0.1, -0.05) is 48.2 Å². The summed E-state index contributed by atoms with van der Waals surface area (Å²) in [5.41, 5.74) is 4.98. The van der Waals surface area contributed by atoms with Gasteiger partial charge in [-0.15, -0.1) is 0 Å². The summed E-state index contributed by atoms with van der Waals surface area (Å²) in [7, 11) is 0. The first kappa shape index (κ1) is 21.5. The number of hydrogen-bond donors (Lipinski definition) is 2. The molecule has 1 saturated heterocycles. The quantitative estimate of drug-likeness (QED) is 0.712. The second-order valence-corrected chi connectivity index (χ2v) is 7.77. The van der Waals surface area contributed by atoms with E-state index in [1.165, 1.54) is 16.7 Å². The van der Waals surface area contributed by atoms with Gasteiger partial charge in [-0.25, -0.2) is 0 Å². The van der Waals surface area contributed by atoms with Gasteiger partial charge < -0.3 is 10.2 Å². The molecule has 29 heavy (non-hydrogen) atoms. The van der Waals surface area contributed by atoms with E-state index in [1.807, 2.05) is 0 Å². The number of hydrogen-bond acceptors (Lipinski definition) is 4. The van der Waals surface area contributed by atoms with Crippen LogP contribution >= 0.6 is 0 Å². The van der Waals surface area contributed by atoms with Gasteiger partial charge in [0, 0.05) is 57.4 Å². The zero-order chi connectivity index (χ0) is 20.5. The van der Waals surface area contributed by atoms with Gasteiger partial charge in [0.2, 0.25) is 0 Å². The van der Waals surface area contributed by atoms with Crippen LogP contribution in [0.5, 0.6) is 0 Å². The fraction of sp³-hybridized carbons (Fsp3) is 0.440. The van der Waals surface area contributed by atoms with Gasteiger partial charge in [-0.3, -0.25) is 9.80 Å². The molecule has 0 spiro atoms. The Labute approximate surface area is 174 Å². The lowest BCUT2D eigenvalue weighted by atomic mass is 10.0. The number of aliphatic hydroxyl groups is 2. The van der Waals surface area contributed by atoms with Crippen LogP contribution in [0, 0.1) is 18.8 Å². The third-order valence-electron chi connectivity index (χ3n) is 5.62. The van der Waals surface area contributed by atoms with Crippen molar-refractivity contribution >= 4 is 0 Å². The van der Waals surface area contributed by atoms with Crippen molar-refractivity contribution in [3.63, 3.8) is 0 Å². The monoisotopic (exact) mass is 392 g/mol. The van der Waals surface area contributed by atoms with E-state index in [2.05, 4.69) is 77.1 Å². The van der Waals surface area contributed by atoms with Crippen molar-refractivity contribution in [1.29, 1.82) is 0 Å². The lowest BCUT2D eigenvalue weighted by Gasteiger charge is -2.41. The Kier molecular flexibility index (Phi) is 8.27. The molecule has 1 heterocycles. The van der Waals surface area contributed by atoms with Crippen molar-refractivity contribution in [2.75, 3.05) is 32.8 Å². The van der Waals surface area contributed by atoms with Gasteiger partial charge in [0.25, 0.3) is 0 Å². The summed E-state index contributed by atoms with van der Waals surface area (Å²) in [5.74, 6) is 6.04. The van der Waals surface area contributed by atoms with Crippen LogP contribution in [0.1, 0.15) is 35.1 Å². The van der Waals surface area contributed by atoms with E-state index in [4.69, 9.17) is 5.11 Å². The molecule has 1 aliphatic heterocycles. The molecule has 0 saturated carbocycles. The summed E-state index contributed by atoms with van der Waals surface area (Å²) < 4.78 is 0. The highest BCUT2D eigenvalue weighted by molar-refractivity contribution is 5.36. The largest absolute Gasteiger partial charge is 0.396 e. The molecule has 1 aliphatic rings. The normalized spacial score (nSPS) is 17.7. The molecular formula is C25H32N2O2. The van der Waals surface area contributed by atoms with Gasteiger partial charge in [0.1, 0.15) is 0 Å². The third kappa shape index (κ3) is 6.42. The summed E-state index contributed by atoms with van der Waals surface area (Å²) in [6.07, 6.45) is 1.32. The van der Waals surface area contributed by atoms with Crippen molar-refractivity contribution in [2.45, 2.75) is 38.9 Å². The molecule has 2 aromatic rings. The lowest BCUT2D eigenvalue weighted by molar-refractivity contribution is 0.0498. The second kappa shape index (κ2) is 11.1. The molecule has 154 valence electrons. The first-order valence-corrected chi connectivity index (χ1v) is 10.5. The van der Waals surface area contributed by atoms with Crippen molar-refractivity contribution in [2.24, 2.45) is 0 Å². The van der Waals surface area contributed by atoms with E-state index >= 15 is 0 Å². The minimum Gasteiger partial charge on any atom is -0.396 e. The minimum atomic E-state index is 0.107. The molecule has 0 amide bonds. The molecule has 4 heteroatoms. The molecule has 0 bridgehead atoms. The van der Waals surface area contributed by atoms with Crippen molar-refractivity contribution < 1.29 is 10.2 Å². The Hall–Kier alpha value is -2.16. The number of rotatable bonds is 7. The van der Waals surface area contributed by atoms with Crippen LogP contribution in [0.3, 0.4) is 0 Å². The Bertz CT molecular complexity index is 823. The number of aryl methyl sites for hydroxylation is 1. The summed E-state index contributed by atoms with van der Waals surface area (Å²) in [6, 6.07) is 17.3. The number of nitrogens with zero attached hydrogens (tertiary/aromatic N) is 2. The molecular weight excluding hydrogens is 360 g/mol.